The van der Waals surface area contributed by atoms with E-state index in [0.717, 1.165) is 50.3 Å². The van der Waals surface area contributed by atoms with Crippen LogP contribution in [0.1, 0.15) is 39.0 Å². The molecule has 2 N–H and O–H groups in total. The standard InChI is InChI=1S/C15H23NO3/c1-2-12-19-14-9-7-13(8-10-14)16-11-5-3-4-6-15(17)18/h7-10,16H,2-6,11-12H2,1H3,(H,17,18). The van der Waals surface area contributed by atoms with Crippen LogP contribution < -0.4 is 10.1 Å². The molecule has 0 aromatic heterocycles. The second kappa shape index (κ2) is 9.25. The van der Waals surface area contributed by atoms with Gasteiger partial charge in [-0.1, -0.05) is 13.3 Å². The van der Waals surface area contributed by atoms with E-state index in [4.69, 9.17) is 9.84 Å². The first kappa shape index (κ1) is 15.3. The normalized spacial score (nSPS) is 10.2. The van der Waals surface area contributed by atoms with Gasteiger partial charge in [0.1, 0.15) is 5.75 Å². The number of carbonyl (C=O) groups is 1. The van der Waals surface area contributed by atoms with Gasteiger partial charge in [-0.3, -0.25) is 4.79 Å². The number of benzene rings is 1. The fraction of sp³-hybridized carbons (Fsp3) is 0.533. The molecule has 19 heavy (non-hydrogen) atoms. The fourth-order valence-electron chi connectivity index (χ4n) is 1.70. The summed E-state index contributed by atoms with van der Waals surface area (Å²) in [4.78, 5) is 10.3. The van der Waals surface area contributed by atoms with Gasteiger partial charge in [-0.05, 0) is 43.5 Å². The number of aliphatic carboxylic acids is 1. The number of carboxylic acid groups (broad SMARTS) is 1. The van der Waals surface area contributed by atoms with Crippen molar-refractivity contribution in [1.29, 1.82) is 0 Å². The number of nitrogens with one attached hydrogen (secondary N) is 1. The Hall–Kier alpha value is -1.71. The fourth-order valence-corrected chi connectivity index (χ4v) is 1.70. The smallest absolute Gasteiger partial charge is 0.303 e. The lowest BCUT2D eigenvalue weighted by Crippen LogP contribution is -2.02. The average molecular weight is 265 g/mol. The number of hydrogen-bond donors (Lipinski definition) is 2. The Morgan fingerprint density at radius 3 is 2.58 bits per heavy atom. The highest BCUT2D eigenvalue weighted by atomic mass is 16.5. The van der Waals surface area contributed by atoms with Crippen molar-refractivity contribution in [2.75, 3.05) is 18.5 Å². The Morgan fingerprint density at radius 2 is 1.95 bits per heavy atom. The second-order valence-electron chi connectivity index (χ2n) is 4.50. The zero-order chi connectivity index (χ0) is 13.9. The molecule has 0 spiro atoms. The van der Waals surface area contributed by atoms with Crippen LogP contribution in [0.25, 0.3) is 0 Å². The third-order valence-corrected chi connectivity index (χ3v) is 2.72. The summed E-state index contributed by atoms with van der Waals surface area (Å²) in [5.41, 5.74) is 1.07. The van der Waals surface area contributed by atoms with Crippen molar-refractivity contribution in [3.8, 4) is 5.75 Å². The van der Waals surface area contributed by atoms with E-state index in [1.165, 1.54) is 0 Å². The van der Waals surface area contributed by atoms with Gasteiger partial charge in [-0.2, -0.15) is 0 Å². The molecule has 4 heteroatoms. The van der Waals surface area contributed by atoms with E-state index in [2.05, 4.69) is 12.2 Å². The summed E-state index contributed by atoms with van der Waals surface area (Å²) in [7, 11) is 0. The topological polar surface area (TPSA) is 58.6 Å². The van der Waals surface area contributed by atoms with Crippen LogP contribution in [-0.2, 0) is 4.79 Å². The molecule has 0 aliphatic carbocycles. The summed E-state index contributed by atoms with van der Waals surface area (Å²) >= 11 is 0. The summed E-state index contributed by atoms with van der Waals surface area (Å²) in [6.45, 7) is 3.70. The van der Waals surface area contributed by atoms with Gasteiger partial charge in [-0.15, -0.1) is 0 Å². The Kier molecular flexibility index (Phi) is 7.47. The third-order valence-electron chi connectivity index (χ3n) is 2.72. The molecule has 0 bridgehead atoms. The molecular formula is C15H23NO3. The first-order valence-corrected chi connectivity index (χ1v) is 6.91. The van der Waals surface area contributed by atoms with E-state index in [-0.39, 0.29) is 6.42 Å². The molecule has 1 aromatic rings. The molecule has 0 atom stereocenters. The van der Waals surface area contributed by atoms with Crippen LogP contribution in [-0.4, -0.2) is 24.2 Å². The van der Waals surface area contributed by atoms with Crippen LogP contribution in [0.4, 0.5) is 5.69 Å². The number of unbranched alkanes of at least 4 members (excludes halogenated alkanes) is 2. The van der Waals surface area contributed by atoms with Crippen molar-refractivity contribution in [2.45, 2.75) is 39.0 Å². The number of anilines is 1. The quantitative estimate of drug-likeness (QED) is 0.635. The van der Waals surface area contributed by atoms with Crippen molar-refractivity contribution in [3.05, 3.63) is 24.3 Å². The third kappa shape index (κ3) is 7.34. The number of carboxylic acids is 1. The molecule has 0 aliphatic rings. The van der Waals surface area contributed by atoms with E-state index < -0.39 is 5.97 Å². The van der Waals surface area contributed by atoms with E-state index in [1.54, 1.807) is 0 Å². The largest absolute Gasteiger partial charge is 0.494 e. The molecule has 1 rings (SSSR count). The van der Waals surface area contributed by atoms with Crippen molar-refractivity contribution in [1.82, 2.24) is 0 Å². The van der Waals surface area contributed by atoms with Crippen LogP contribution in [0.15, 0.2) is 24.3 Å². The molecule has 0 saturated heterocycles. The molecule has 4 nitrogen and oxygen atoms in total. The number of hydrogen-bond acceptors (Lipinski definition) is 3. The second-order valence-corrected chi connectivity index (χ2v) is 4.50. The maximum atomic E-state index is 10.3. The Morgan fingerprint density at radius 1 is 1.21 bits per heavy atom. The zero-order valence-electron chi connectivity index (χ0n) is 11.5. The predicted molar refractivity (Wildman–Crippen MR) is 76.8 cm³/mol. The minimum atomic E-state index is -0.712. The summed E-state index contributed by atoms with van der Waals surface area (Å²) < 4.78 is 5.51. The van der Waals surface area contributed by atoms with Crippen LogP contribution in [0.3, 0.4) is 0 Å². The van der Waals surface area contributed by atoms with Gasteiger partial charge in [-0.25, -0.2) is 0 Å². The van der Waals surface area contributed by atoms with Crippen LogP contribution in [0, 0.1) is 0 Å². The van der Waals surface area contributed by atoms with Gasteiger partial charge in [0.15, 0.2) is 0 Å². The Bertz CT molecular complexity index is 362. The molecular weight excluding hydrogens is 242 g/mol. The lowest BCUT2D eigenvalue weighted by molar-refractivity contribution is -0.137. The SMILES string of the molecule is CCCOc1ccc(NCCCCCC(=O)O)cc1. The molecule has 1 aromatic carbocycles. The first-order chi connectivity index (χ1) is 9.22. The minimum Gasteiger partial charge on any atom is -0.494 e. The monoisotopic (exact) mass is 265 g/mol. The highest BCUT2D eigenvalue weighted by molar-refractivity contribution is 5.66. The highest BCUT2D eigenvalue weighted by Gasteiger charge is 1.97. The molecule has 0 fully saturated rings. The lowest BCUT2D eigenvalue weighted by atomic mass is 10.2. The maximum absolute atomic E-state index is 10.3. The van der Waals surface area contributed by atoms with Crippen LogP contribution >= 0.6 is 0 Å². The van der Waals surface area contributed by atoms with Gasteiger partial charge < -0.3 is 15.2 Å². The zero-order valence-corrected chi connectivity index (χ0v) is 11.5. The van der Waals surface area contributed by atoms with Crippen molar-refractivity contribution < 1.29 is 14.6 Å². The number of rotatable bonds is 10. The van der Waals surface area contributed by atoms with Gasteiger partial charge >= 0.3 is 5.97 Å². The lowest BCUT2D eigenvalue weighted by Gasteiger charge is -2.08. The van der Waals surface area contributed by atoms with Crippen LogP contribution in [0.5, 0.6) is 5.75 Å². The van der Waals surface area contributed by atoms with Gasteiger partial charge in [0.2, 0.25) is 0 Å². The predicted octanol–water partition coefficient (Wildman–Crippen LogP) is 3.53. The van der Waals surface area contributed by atoms with Gasteiger partial charge in [0, 0.05) is 18.7 Å². The molecule has 106 valence electrons. The van der Waals surface area contributed by atoms with E-state index in [0.29, 0.717) is 0 Å². The summed E-state index contributed by atoms with van der Waals surface area (Å²) in [6, 6.07) is 7.93. The van der Waals surface area contributed by atoms with Crippen LogP contribution in [0.2, 0.25) is 0 Å². The van der Waals surface area contributed by atoms with Gasteiger partial charge in [0.25, 0.3) is 0 Å². The molecule has 0 heterocycles. The summed E-state index contributed by atoms with van der Waals surface area (Å²) in [5.74, 6) is 0.185. The van der Waals surface area contributed by atoms with E-state index in [1.807, 2.05) is 24.3 Å². The summed E-state index contributed by atoms with van der Waals surface area (Å²) in [5, 5.41) is 11.8. The van der Waals surface area contributed by atoms with Crippen molar-refractivity contribution in [2.24, 2.45) is 0 Å². The van der Waals surface area contributed by atoms with E-state index >= 15 is 0 Å². The average Bonchev–Trinajstić information content (AvgIpc) is 2.41. The number of ether oxygens (including phenoxy) is 1. The van der Waals surface area contributed by atoms with Crippen molar-refractivity contribution in [3.63, 3.8) is 0 Å². The first-order valence-electron chi connectivity index (χ1n) is 6.91. The molecule has 0 aliphatic heterocycles. The molecule has 0 amide bonds. The van der Waals surface area contributed by atoms with Crippen molar-refractivity contribution >= 4 is 11.7 Å². The molecule has 0 radical (unpaired) electrons. The van der Waals surface area contributed by atoms with Gasteiger partial charge in [0.05, 0.1) is 6.61 Å². The Labute approximate surface area is 114 Å². The van der Waals surface area contributed by atoms with E-state index in [9.17, 15) is 4.79 Å². The summed E-state index contributed by atoms with van der Waals surface area (Å²) in [6.07, 6.45) is 3.96. The highest BCUT2D eigenvalue weighted by Crippen LogP contribution is 2.16. The Balaban J connectivity index is 2.14. The molecule has 0 unspecified atom stereocenters. The molecule has 0 saturated carbocycles. The maximum Gasteiger partial charge on any atom is 0.303 e. The minimum absolute atomic E-state index is 0.267.